The highest BCUT2D eigenvalue weighted by Gasteiger charge is 2.19. The van der Waals surface area contributed by atoms with E-state index in [0.29, 0.717) is 22.1 Å². The van der Waals surface area contributed by atoms with Crippen molar-refractivity contribution in [2.75, 3.05) is 6.61 Å². The van der Waals surface area contributed by atoms with Crippen molar-refractivity contribution in [3.05, 3.63) is 56.7 Å². The number of hydrogen-bond acceptors (Lipinski definition) is 4. The third kappa shape index (κ3) is 3.52. The molecule has 3 nitrogen and oxygen atoms in total. The molecule has 110 valence electrons. The summed E-state index contributed by atoms with van der Waals surface area (Å²) in [5.74, 6) is -0.815. The number of carbonyl (C=O) groups is 2. The van der Waals surface area contributed by atoms with E-state index in [1.165, 1.54) is 11.3 Å². The molecule has 5 heteroatoms. The lowest BCUT2D eigenvalue weighted by Crippen LogP contribution is -2.13. The van der Waals surface area contributed by atoms with Crippen LogP contribution in [0.15, 0.2) is 35.7 Å². The maximum absolute atomic E-state index is 12.3. The lowest BCUT2D eigenvalue weighted by molar-refractivity contribution is -0.144. The maximum Gasteiger partial charge on any atom is 0.313 e. The summed E-state index contributed by atoms with van der Waals surface area (Å²) in [4.78, 5) is 24.7. The maximum atomic E-state index is 12.3. The second kappa shape index (κ2) is 6.87. The molecule has 21 heavy (non-hydrogen) atoms. The number of ether oxygens (including phenoxy) is 1. The summed E-state index contributed by atoms with van der Waals surface area (Å²) in [6.45, 7) is 3.86. The predicted octanol–water partition coefficient (Wildman–Crippen LogP) is 4.30. The van der Waals surface area contributed by atoms with E-state index in [1.54, 1.807) is 38.1 Å². The number of halogens is 1. The molecule has 0 saturated heterocycles. The third-order valence-electron chi connectivity index (χ3n) is 3.12. The molecule has 0 N–H and O–H groups in total. The highest BCUT2D eigenvalue weighted by Crippen LogP contribution is 2.26. The van der Waals surface area contributed by atoms with Gasteiger partial charge in [0, 0.05) is 5.56 Å². The SMILES string of the molecule is CCOC(=O)C(C)c1ccc(C(=O)c2cccs2)c(Cl)c1. The molecule has 1 aromatic carbocycles. The Labute approximate surface area is 132 Å². The Bertz CT molecular complexity index is 650. The highest BCUT2D eigenvalue weighted by molar-refractivity contribution is 7.12. The van der Waals surface area contributed by atoms with Crippen LogP contribution in [-0.2, 0) is 9.53 Å². The van der Waals surface area contributed by atoms with Crippen LogP contribution in [-0.4, -0.2) is 18.4 Å². The van der Waals surface area contributed by atoms with Gasteiger partial charge in [0.25, 0.3) is 0 Å². The van der Waals surface area contributed by atoms with E-state index >= 15 is 0 Å². The van der Waals surface area contributed by atoms with E-state index in [2.05, 4.69) is 0 Å². The van der Waals surface area contributed by atoms with E-state index < -0.39 is 5.92 Å². The van der Waals surface area contributed by atoms with Crippen molar-refractivity contribution < 1.29 is 14.3 Å². The molecule has 1 aromatic heterocycles. The Kier molecular flexibility index (Phi) is 5.15. The molecule has 1 heterocycles. The molecule has 0 amide bonds. The number of esters is 1. The molecule has 2 rings (SSSR count). The molecular weight excluding hydrogens is 308 g/mol. The van der Waals surface area contributed by atoms with Crippen molar-refractivity contribution in [1.29, 1.82) is 0 Å². The first-order chi connectivity index (χ1) is 10.0. The standard InChI is InChI=1S/C16H15ClO3S/c1-3-20-16(19)10(2)11-6-7-12(13(17)9-11)15(18)14-5-4-8-21-14/h4-10H,3H2,1-2H3. The van der Waals surface area contributed by atoms with Gasteiger partial charge in [0.05, 0.1) is 22.4 Å². The highest BCUT2D eigenvalue weighted by atomic mass is 35.5. The minimum absolute atomic E-state index is 0.106. The molecule has 0 radical (unpaired) electrons. The van der Waals surface area contributed by atoms with E-state index in [1.807, 2.05) is 11.4 Å². The van der Waals surface area contributed by atoms with Crippen LogP contribution in [0.5, 0.6) is 0 Å². The lowest BCUT2D eigenvalue weighted by Gasteiger charge is -2.12. The Morgan fingerprint density at radius 1 is 1.33 bits per heavy atom. The molecule has 1 unspecified atom stereocenters. The van der Waals surface area contributed by atoms with Crippen LogP contribution >= 0.6 is 22.9 Å². The van der Waals surface area contributed by atoms with Crippen molar-refractivity contribution in [2.24, 2.45) is 0 Å². The Balaban J connectivity index is 2.25. The average molecular weight is 323 g/mol. The topological polar surface area (TPSA) is 43.4 Å². The number of ketones is 1. The van der Waals surface area contributed by atoms with Crippen LogP contribution in [0.1, 0.15) is 40.6 Å². The fraction of sp³-hybridized carbons (Fsp3) is 0.250. The van der Waals surface area contributed by atoms with Gasteiger partial charge in [-0.1, -0.05) is 23.7 Å². The monoisotopic (exact) mass is 322 g/mol. The molecule has 0 aliphatic carbocycles. The van der Waals surface area contributed by atoms with Gasteiger partial charge in [-0.25, -0.2) is 0 Å². The van der Waals surface area contributed by atoms with Gasteiger partial charge in [-0.05, 0) is 43.0 Å². The Morgan fingerprint density at radius 3 is 2.67 bits per heavy atom. The lowest BCUT2D eigenvalue weighted by atomic mass is 9.98. The summed E-state index contributed by atoms with van der Waals surface area (Å²) in [5, 5.41) is 2.19. The summed E-state index contributed by atoms with van der Waals surface area (Å²) in [6, 6.07) is 8.65. The minimum atomic E-state index is -0.409. The minimum Gasteiger partial charge on any atom is -0.466 e. The van der Waals surface area contributed by atoms with Crippen molar-refractivity contribution in [3.8, 4) is 0 Å². The fourth-order valence-electron chi connectivity index (χ4n) is 1.93. The number of carbonyl (C=O) groups excluding carboxylic acids is 2. The summed E-state index contributed by atoms with van der Waals surface area (Å²) in [7, 11) is 0. The zero-order valence-electron chi connectivity index (χ0n) is 11.8. The summed E-state index contributed by atoms with van der Waals surface area (Å²) in [6.07, 6.45) is 0. The molecule has 0 spiro atoms. The first-order valence-corrected chi connectivity index (χ1v) is 7.84. The van der Waals surface area contributed by atoms with Crippen LogP contribution in [0.3, 0.4) is 0 Å². The van der Waals surface area contributed by atoms with Crippen LogP contribution in [0.2, 0.25) is 5.02 Å². The molecule has 0 saturated carbocycles. The Hall–Kier alpha value is -1.65. The smallest absolute Gasteiger partial charge is 0.313 e. The van der Waals surface area contributed by atoms with Gasteiger partial charge < -0.3 is 4.74 Å². The van der Waals surface area contributed by atoms with E-state index in [0.717, 1.165) is 5.56 Å². The third-order valence-corrected chi connectivity index (χ3v) is 4.30. The normalized spacial score (nSPS) is 12.0. The molecule has 1 atom stereocenters. The van der Waals surface area contributed by atoms with Crippen LogP contribution < -0.4 is 0 Å². The van der Waals surface area contributed by atoms with Gasteiger partial charge in [0.15, 0.2) is 0 Å². The second-order valence-corrected chi connectivity index (χ2v) is 5.87. The van der Waals surface area contributed by atoms with Crippen molar-refractivity contribution >= 4 is 34.7 Å². The van der Waals surface area contributed by atoms with E-state index in [9.17, 15) is 9.59 Å². The number of benzene rings is 1. The molecule has 2 aromatic rings. The number of hydrogen-bond donors (Lipinski definition) is 0. The average Bonchev–Trinajstić information content (AvgIpc) is 3.00. The van der Waals surface area contributed by atoms with Crippen molar-refractivity contribution in [2.45, 2.75) is 19.8 Å². The van der Waals surface area contributed by atoms with E-state index in [-0.39, 0.29) is 11.8 Å². The zero-order chi connectivity index (χ0) is 15.4. The first-order valence-electron chi connectivity index (χ1n) is 6.59. The Morgan fingerprint density at radius 2 is 2.10 bits per heavy atom. The van der Waals surface area contributed by atoms with Gasteiger partial charge in [-0.3, -0.25) is 9.59 Å². The summed E-state index contributed by atoms with van der Waals surface area (Å²) in [5.41, 5.74) is 1.18. The van der Waals surface area contributed by atoms with Crippen LogP contribution in [0.4, 0.5) is 0 Å². The van der Waals surface area contributed by atoms with Gasteiger partial charge in [-0.2, -0.15) is 0 Å². The first kappa shape index (κ1) is 15.7. The van der Waals surface area contributed by atoms with Gasteiger partial charge in [0.2, 0.25) is 5.78 Å². The van der Waals surface area contributed by atoms with Gasteiger partial charge in [-0.15, -0.1) is 11.3 Å². The zero-order valence-corrected chi connectivity index (χ0v) is 13.3. The largest absolute Gasteiger partial charge is 0.466 e. The molecule has 0 aliphatic heterocycles. The predicted molar refractivity (Wildman–Crippen MR) is 84.3 cm³/mol. The van der Waals surface area contributed by atoms with Gasteiger partial charge in [0.1, 0.15) is 0 Å². The molecule has 0 aliphatic rings. The number of thiophene rings is 1. The van der Waals surface area contributed by atoms with Crippen LogP contribution in [0.25, 0.3) is 0 Å². The number of rotatable bonds is 5. The molecular formula is C16H15ClO3S. The molecule has 0 fully saturated rings. The summed E-state index contributed by atoms with van der Waals surface area (Å²) >= 11 is 7.57. The molecule has 0 bridgehead atoms. The van der Waals surface area contributed by atoms with Gasteiger partial charge >= 0.3 is 5.97 Å². The second-order valence-electron chi connectivity index (χ2n) is 4.52. The van der Waals surface area contributed by atoms with Crippen molar-refractivity contribution in [3.63, 3.8) is 0 Å². The van der Waals surface area contributed by atoms with E-state index in [4.69, 9.17) is 16.3 Å². The summed E-state index contributed by atoms with van der Waals surface area (Å²) < 4.78 is 4.99. The van der Waals surface area contributed by atoms with Crippen LogP contribution in [0, 0.1) is 0 Å². The van der Waals surface area contributed by atoms with Crippen molar-refractivity contribution in [1.82, 2.24) is 0 Å². The quantitative estimate of drug-likeness (QED) is 0.609. The fourth-order valence-corrected chi connectivity index (χ4v) is 2.88.